The van der Waals surface area contributed by atoms with Crippen LogP contribution in [0.2, 0.25) is 0 Å². The summed E-state index contributed by atoms with van der Waals surface area (Å²) < 4.78 is 11.5. The first-order valence-electron chi connectivity index (χ1n) is 8.21. The molecule has 116 valence electrons. The van der Waals surface area contributed by atoms with Crippen molar-refractivity contribution in [3.05, 3.63) is 35.4 Å². The molecule has 3 heteroatoms. The minimum Gasteiger partial charge on any atom is -0.388 e. The summed E-state index contributed by atoms with van der Waals surface area (Å²) in [5.74, 6) is 0.296. The van der Waals surface area contributed by atoms with E-state index in [2.05, 4.69) is 31.2 Å². The molecule has 21 heavy (non-hydrogen) atoms. The van der Waals surface area contributed by atoms with E-state index in [1.165, 1.54) is 5.56 Å². The fraction of sp³-hybridized carbons (Fsp3) is 0.667. The Morgan fingerprint density at radius 1 is 1.19 bits per heavy atom. The first-order valence-corrected chi connectivity index (χ1v) is 8.21. The Balaban J connectivity index is 1.69. The minimum atomic E-state index is -0.375. The van der Waals surface area contributed by atoms with E-state index in [9.17, 15) is 5.11 Å². The molecule has 0 aromatic heterocycles. The van der Waals surface area contributed by atoms with Gasteiger partial charge in [0.1, 0.15) is 0 Å². The first-order chi connectivity index (χ1) is 10.2. The van der Waals surface area contributed by atoms with Gasteiger partial charge in [0.15, 0.2) is 0 Å². The quantitative estimate of drug-likeness (QED) is 0.928. The lowest BCUT2D eigenvalue weighted by Crippen LogP contribution is -2.45. The topological polar surface area (TPSA) is 38.7 Å². The van der Waals surface area contributed by atoms with Crippen molar-refractivity contribution in [3.63, 3.8) is 0 Å². The first kappa shape index (κ1) is 15.0. The largest absolute Gasteiger partial charge is 0.388 e. The summed E-state index contributed by atoms with van der Waals surface area (Å²) in [5.41, 5.74) is 2.31. The van der Waals surface area contributed by atoms with Gasteiger partial charge in [-0.25, -0.2) is 0 Å². The maximum Gasteiger partial charge on any atom is 0.0820 e. The molecule has 2 atom stereocenters. The lowest BCUT2D eigenvalue weighted by atomic mass is 9.77. The zero-order chi connectivity index (χ0) is 14.7. The number of aliphatic hydroxyl groups is 1. The number of ether oxygens (including phenoxy) is 2. The van der Waals surface area contributed by atoms with E-state index in [4.69, 9.17) is 9.47 Å². The van der Waals surface area contributed by atoms with Crippen molar-refractivity contribution in [2.75, 3.05) is 19.8 Å². The highest BCUT2D eigenvalue weighted by atomic mass is 16.5. The summed E-state index contributed by atoms with van der Waals surface area (Å²) in [5, 5.41) is 10.7. The van der Waals surface area contributed by atoms with Crippen molar-refractivity contribution < 1.29 is 14.6 Å². The second-order valence-electron chi connectivity index (χ2n) is 6.44. The molecule has 0 radical (unpaired) electrons. The van der Waals surface area contributed by atoms with Crippen LogP contribution in [0.4, 0.5) is 0 Å². The van der Waals surface area contributed by atoms with E-state index in [-0.39, 0.29) is 11.7 Å². The molecule has 2 heterocycles. The van der Waals surface area contributed by atoms with Crippen LogP contribution in [0.1, 0.15) is 49.8 Å². The molecular formula is C18H26O3. The van der Waals surface area contributed by atoms with Crippen LogP contribution in [0, 0.1) is 5.92 Å². The Bertz CT molecular complexity index is 443. The molecule has 0 saturated carbocycles. The predicted octanol–water partition coefficient (Wildman–Crippen LogP) is 3.26. The Morgan fingerprint density at radius 2 is 1.90 bits per heavy atom. The van der Waals surface area contributed by atoms with Crippen molar-refractivity contribution >= 4 is 0 Å². The lowest BCUT2D eigenvalue weighted by Gasteiger charge is -2.44. The Labute approximate surface area is 127 Å². The summed E-state index contributed by atoms with van der Waals surface area (Å²) >= 11 is 0. The maximum absolute atomic E-state index is 10.7. The summed E-state index contributed by atoms with van der Waals surface area (Å²) in [6.07, 6.45) is 4.48. The van der Waals surface area contributed by atoms with E-state index >= 15 is 0 Å². The Morgan fingerprint density at radius 3 is 2.57 bits per heavy atom. The smallest absolute Gasteiger partial charge is 0.0820 e. The Kier molecular flexibility index (Phi) is 4.63. The second-order valence-corrected chi connectivity index (χ2v) is 6.44. The molecule has 2 unspecified atom stereocenters. The van der Waals surface area contributed by atoms with Crippen molar-refractivity contribution in [2.45, 2.75) is 50.7 Å². The van der Waals surface area contributed by atoms with Crippen LogP contribution in [-0.2, 0) is 15.9 Å². The number of hydrogen-bond donors (Lipinski definition) is 1. The van der Waals surface area contributed by atoms with Crippen LogP contribution in [-0.4, -0.2) is 30.5 Å². The number of benzene rings is 1. The van der Waals surface area contributed by atoms with Crippen LogP contribution in [0.3, 0.4) is 0 Å². The van der Waals surface area contributed by atoms with E-state index in [0.717, 1.165) is 57.5 Å². The minimum absolute atomic E-state index is 0.0501. The van der Waals surface area contributed by atoms with Crippen molar-refractivity contribution in [1.29, 1.82) is 0 Å². The number of hydrogen-bond acceptors (Lipinski definition) is 3. The van der Waals surface area contributed by atoms with Gasteiger partial charge in [-0.1, -0.05) is 31.2 Å². The molecule has 0 aliphatic carbocycles. The third-order valence-corrected chi connectivity index (χ3v) is 5.11. The van der Waals surface area contributed by atoms with E-state index in [0.29, 0.717) is 5.92 Å². The molecule has 3 nitrogen and oxygen atoms in total. The van der Waals surface area contributed by atoms with E-state index in [1.807, 2.05) is 0 Å². The summed E-state index contributed by atoms with van der Waals surface area (Å²) in [7, 11) is 0. The van der Waals surface area contributed by atoms with Crippen LogP contribution in [0.25, 0.3) is 0 Å². The molecule has 3 rings (SSSR count). The highest BCUT2D eigenvalue weighted by molar-refractivity contribution is 5.24. The van der Waals surface area contributed by atoms with Gasteiger partial charge < -0.3 is 14.6 Å². The average molecular weight is 290 g/mol. The van der Waals surface area contributed by atoms with Gasteiger partial charge >= 0.3 is 0 Å². The molecule has 1 spiro atoms. The molecule has 2 fully saturated rings. The standard InChI is InChI=1S/C18H26O3/c1-2-14-3-5-15(6-4-14)17(19)16-7-10-21-18(13-16)8-11-20-12-9-18/h3-6,16-17,19H,2,7-13H2,1H3. The lowest BCUT2D eigenvalue weighted by molar-refractivity contribution is -0.159. The molecule has 1 aromatic rings. The molecule has 2 aliphatic rings. The van der Waals surface area contributed by atoms with E-state index in [1.54, 1.807) is 0 Å². The summed E-state index contributed by atoms with van der Waals surface area (Å²) in [6, 6.07) is 8.41. The van der Waals surface area contributed by atoms with Gasteiger partial charge in [-0.15, -0.1) is 0 Å². The molecule has 1 N–H and O–H groups in total. The van der Waals surface area contributed by atoms with Gasteiger partial charge in [-0.05, 0) is 49.1 Å². The normalized spacial score (nSPS) is 26.7. The summed E-state index contributed by atoms with van der Waals surface area (Å²) in [4.78, 5) is 0. The highest BCUT2D eigenvalue weighted by Crippen LogP contribution is 2.41. The SMILES string of the molecule is CCc1ccc(C(O)C2CCOC3(CCOCC3)C2)cc1. The fourth-order valence-electron chi connectivity index (χ4n) is 3.65. The van der Waals surface area contributed by atoms with Crippen molar-refractivity contribution in [2.24, 2.45) is 5.92 Å². The molecule has 1 aromatic carbocycles. The fourth-order valence-corrected chi connectivity index (χ4v) is 3.65. The molecule has 0 bridgehead atoms. The van der Waals surface area contributed by atoms with Crippen LogP contribution in [0.5, 0.6) is 0 Å². The monoisotopic (exact) mass is 290 g/mol. The maximum atomic E-state index is 10.7. The third-order valence-electron chi connectivity index (χ3n) is 5.11. The number of aliphatic hydroxyl groups excluding tert-OH is 1. The van der Waals surface area contributed by atoms with Gasteiger partial charge in [0.05, 0.1) is 11.7 Å². The highest BCUT2D eigenvalue weighted by Gasteiger charge is 2.41. The zero-order valence-corrected chi connectivity index (χ0v) is 12.9. The van der Waals surface area contributed by atoms with Gasteiger partial charge in [0.25, 0.3) is 0 Å². The van der Waals surface area contributed by atoms with E-state index < -0.39 is 0 Å². The van der Waals surface area contributed by atoms with Gasteiger partial charge in [-0.2, -0.15) is 0 Å². The van der Waals surface area contributed by atoms with Gasteiger partial charge in [-0.3, -0.25) is 0 Å². The van der Waals surface area contributed by atoms with Crippen LogP contribution >= 0.6 is 0 Å². The summed E-state index contributed by atoms with van der Waals surface area (Å²) in [6.45, 7) is 4.48. The number of rotatable bonds is 3. The third kappa shape index (κ3) is 3.31. The predicted molar refractivity (Wildman–Crippen MR) is 82.2 cm³/mol. The zero-order valence-electron chi connectivity index (χ0n) is 12.9. The Hall–Kier alpha value is -0.900. The molecule has 0 amide bonds. The molecular weight excluding hydrogens is 264 g/mol. The molecule has 2 saturated heterocycles. The van der Waals surface area contributed by atoms with Crippen molar-refractivity contribution in [3.8, 4) is 0 Å². The van der Waals surface area contributed by atoms with Crippen LogP contribution in [0.15, 0.2) is 24.3 Å². The van der Waals surface area contributed by atoms with Crippen molar-refractivity contribution in [1.82, 2.24) is 0 Å². The number of aryl methyl sites for hydroxylation is 1. The second kappa shape index (κ2) is 6.47. The van der Waals surface area contributed by atoms with Gasteiger partial charge in [0.2, 0.25) is 0 Å². The van der Waals surface area contributed by atoms with Gasteiger partial charge in [0, 0.05) is 19.8 Å². The molecule has 2 aliphatic heterocycles. The average Bonchev–Trinajstić information content (AvgIpc) is 2.55. The van der Waals surface area contributed by atoms with Crippen LogP contribution < -0.4 is 0 Å².